The maximum Gasteiger partial charge on any atom is 0.339 e. The SMILES string of the molecule is COCC(C)(C)OOC(C)=O. The van der Waals surface area contributed by atoms with E-state index < -0.39 is 11.6 Å². The van der Waals surface area contributed by atoms with Gasteiger partial charge in [0.15, 0.2) is 0 Å². The molecule has 11 heavy (non-hydrogen) atoms. The summed E-state index contributed by atoms with van der Waals surface area (Å²) >= 11 is 0. The van der Waals surface area contributed by atoms with Crippen LogP contribution < -0.4 is 0 Å². The van der Waals surface area contributed by atoms with E-state index in [1.807, 2.05) is 0 Å². The first-order valence-electron chi connectivity index (χ1n) is 3.33. The molecule has 0 bridgehead atoms. The van der Waals surface area contributed by atoms with Crippen LogP contribution in [0.25, 0.3) is 0 Å². The summed E-state index contributed by atoms with van der Waals surface area (Å²) in [5.41, 5.74) is -0.583. The average molecular weight is 162 g/mol. The second kappa shape index (κ2) is 4.31. The lowest BCUT2D eigenvalue weighted by molar-refractivity contribution is -0.330. The highest BCUT2D eigenvalue weighted by atomic mass is 17.2. The monoisotopic (exact) mass is 162 g/mol. The third kappa shape index (κ3) is 5.82. The summed E-state index contributed by atoms with van der Waals surface area (Å²) in [6.07, 6.45) is 0. The Kier molecular flexibility index (Phi) is 4.07. The van der Waals surface area contributed by atoms with Crippen LogP contribution in [0.1, 0.15) is 20.8 Å². The number of hydrogen-bond acceptors (Lipinski definition) is 4. The maximum absolute atomic E-state index is 10.3. The van der Waals surface area contributed by atoms with E-state index in [1.54, 1.807) is 21.0 Å². The summed E-state index contributed by atoms with van der Waals surface area (Å²) in [6.45, 7) is 5.18. The molecule has 0 aliphatic carbocycles. The Hall–Kier alpha value is -0.610. The van der Waals surface area contributed by atoms with Gasteiger partial charge in [0, 0.05) is 14.0 Å². The summed E-state index contributed by atoms with van der Waals surface area (Å²) in [7, 11) is 1.55. The molecule has 0 aromatic carbocycles. The third-order valence-corrected chi connectivity index (χ3v) is 0.877. The Balaban J connectivity index is 3.63. The molecule has 0 atom stereocenters. The van der Waals surface area contributed by atoms with Crippen LogP contribution in [0.5, 0.6) is 0 Å². The summed E-state index contributed by atoms with van der Waals surface area (Å²) in [5.74, 6) is -0.464. The van der Waals surface area contributed by atoms with Gasteiger partial charge in [0.2, 0.25) is 0 Å². The van der Waals surface area contributed by atoms with Crippen LogP contribution in [-0.4, -0.2) is 25.3 Å². The average Bonchev–Trinajstić information content (AvgIpc) is 1.84. The number of methoxy groups -OCH3 is 1. The smallest absolute Gasteiger partial charge is 0.339 e. The van der Waals surface area contributed by atoms with Crippen molar-refractivity contribution < 1.29 is 19.3 Å². The minimum absolute atomic E-state index is 0.375. The summed E-state index contributed by atoms with van der Waals surface area (Å²) in [4.78, 5) is 19.4. The fourth-order valence-corrected chi connectivity index (χ4v) is 0.543. The zero-order valence-electron chi connectivity index (χ0n) is 7.34. The molecule has 0 N–H and O–H groups in total. The standard InChI is InChI=1S/C7H14O4/c1-6(8)10-11-7(2,3)5-9-4/h5H2,1-4H3. The van der Waals surface area contributed by atoms with E-state index in [4.69, 9.17) is 9.62 Å². The lowest BCUT2D eigenvalue weighted by Gasteiger charge is -2.20. The van der Waals surface area contributed by atoms with Gasteiger partial charge in [-0.25, -0.2) is 4.79 Å². The zero-order chi connectivity index (χ0) is 8.91. The molecule has 0 radical (unpaired) electrons. The van der Waals surface area contributed by atoms with Gasteiger partial charge in [-0.1, -0.05) is 0 Å². The number of ether oxygens (including phenoxy) is 1. The molecule has 0 aliphatic heterocycles. The molecular formula is C7H14O4. The van der Waals surface area contributed by atoms with Crippen LogP contribution in [0, 0.1) is 0 Å². The lowest BCUT2D eigenvalue weighted by Crippen LogP contribution is -2.30. The van der Waals surface area contributed by atoms with E-state index in [1.165, 1.54) is 6.92 Å². The zero-order valence-corrected chi connectivity index (χ0v) is 7.34. The third-order valence-electron chi connectivity index (χ3n) is 0.877. The Morgan fingerprint density at radius 2 is 2.00 bits per heavy atom. The van der Waals surface area contributed by atoms with Crippen LogP contribution >= 0.6 is 0 Å². The van der Waals surface area contributed by atoms with Crippen molar-refractivity contribution in [1.29, 1.82) is 0 Å². The van der Waals surface area contributed by atoms with Crippen molar-refractivity contribution in [3.63, 3.8) is 0 Å². The Morgan fingerprint density at radius 1 is 1.45 bits per heavy atom. The fraction of sp³-hybridized carbons (Fsp3) is 0.857. The number of carbonyl (C=O) groups excluding carboxylic acids is 1. The molecule has 0 aromatic heterocycles. The molecule has 0 rings (SSSR count). The van der Waals surface area contributed by atoms with Crippen molar-refractivity contribution in [2.75, 3.05) is 13.7 Å². The normalized spacial score (nSPS) is 11.3. The minimum atomic E-state index is -0.583. The van der Waals surface area contributed by atoms with Gasteiger partial charge in [0.1, 0.15) is 5.60 Å². The van der Waals surface area contributed by atoms with Crippen molar-refractivity contribution in [3.8, 4) is 0 Å². The van der Waals surface area contributed by atoms with Crippen LogP contribution in [0.4, 0.5) is 0 Å². The van der Waals surface area contributed by atoms with Gasteiger partial charge >= 0.3 is 5.97 Å². The maximum atomic E-state index is 10.3. The number of hydrogen-bond donors (Lipinski definition) is 0. The van der Waals surface area contributed by atoms with E-state index in [9.17, 15) is 4.79 Å². The van der Waals surface area contributed by atoms with Gasteiger partial charge in [0.25, 0.3) is 0 Å². The van der Waals surface area contributed by atoms with Gasteiger partial charge < -0.3 is 4.74 Å². The van der Waals surface area contributed by atoms with Crippen LogP contribution in [-0.2, 0) is 19.3 Å². The topological polar surface area (TPSA) is 44.8 Å². The second-order valence-corrected chi connectivity index (χ2v) is 2.85. The van der Waals surface area contributed by atoms with Gasteiger partial charge in [-0.2, -0.15) is 4.89 Å². The first-order chi connectivity index (χ1) is 4.98. The van der Waals surface area contributed by atoms with Gasteiger partial charge in [-0.15, -0.1) is 0 Å². The number of carbonyl (C=O) groups is 1. The van der Waals surface area contributed by atoms with E-state index in [2.05, 4.69) is 4.89 Å². The number of rotatable bonds is 4. The van der Waals surface area contributed by atoms with E-state index in [-0.39, 0.29) is 0 Å². The van der Waals surface area contributed by atoms with E-state index in [0.29, 0.717) is 6.61 Å². The molecule has 0 spiro atoms. The van der Waals surface area contributed by atoms with Crippen molar-refractivity contribution in [2.45, 2.75) is 26.4 Å². The molecule has 4 nitrogen and oxygen atoms in total. The molecule has 0 unspecified atom stereocenters. The molecule has 0 amide bonds. The lowest BCUT2D eigenvalue weighted by atomic mass is 10.2. The molecular weight excluding hydrogens is 148 g/mol. The first-order valence-corrected chi connectivity index (χ1v) is 3.33. The predicted molar refractivity (Wildman–Crippen MR) is 38.8 cm³/mol. The molecule has 0 aromatic rings. The highest BCUT2D eigenvalue weighted by Crippen LogP contribution is 2.09. The summed E-state index contributed by atoms with van der Waals surface area (Å²) in [5, 5.41) is 0. The molecule has 0 heterocycles. The van der Waals surface area contributed by atoms with Crippen LogP contribution in [0.2, 0.25) is 0 Å². The summed E-state index contributed by atoms with van der Waals surface area (Å²) in [6, 6.07) is 0. The molecule has 0 aliphatic rings. The van der Waals surface area contributed by atoms with Crippen LogP contribution in [0.15, 0.2) is 0 Å². The van der Waals surface area contributed by atoms with Crippen molar-refractivity contribution in [2.24, 2.45) is 0 Å². The van der Waals surface area contributed by atoms with E-state index >= 15 is 0 Å². The summed E-state index contributed by atoms with van der Waals surface area (Å²) < 4.78 is 4.82. The first kappa shape index (κ1) is 10.4. The Bertz CT molecular complexity index is 130. The highest BCUT2D eigenvalue weighted by Gasteiger charge is 2.20. The van der Waals surface area contributed by atoms with Gasteiger partial charge in [-0.3, -0.25) is 4.89 Å². The largest absolute Gasteiger partial charge is 0.382 e. The molecule has 4 heteroatoms. The van der Waals surface area contributed by atoms with Crippen LogP contribution in [0.3, 0.4) is 0 Å². The molecule has 0 saturated carbocycles. The fourth-order valence-electron chi connectivity index (χ4n) is 0.543. The molecule has 0 fully saturated rings. The van der Waals surface area contributed by atoms with Gasteiger partial charge in [0.05, 0.1) is 6.61 Å². The molecule has 66 valence electrons. The minimum Gasteiger partial charge on any atom is -0.382 e. The van der Waals surface area contributed by atoms with Gasteiger partial charge in [-0.05, 0) is 13.8 Å². The Labute approximate surface area is 66.4 Å². The second-order valence-electron chi connectivity index (χ2n) is 2.85. The molecule has 0 saturated heterocycles. The predicted octanol–water partition coefficient (Wildman–Crippen LogP) is 0.906. The quantitative estimate of drug-likeness (QED) is 0.455. The van der Waals surface area contributed by atoms with E-state index in [0.717, 1.165) is 0 Å². The Morgan fingerprint density at radius 3 is 2.36 bits per heavy atom. The van der Waals surface area contributed by atoms with Crippen molar-refractivity contribution >= 4 is 5.97 Å². The highest BCUT2D eigenvalue weighted by molar-refractivity contribution is 5.65. The van der Waals surface area contributed by atoms with Crippen molar-refractivity contribution in [1.82, 2.24) is 0 Å². The van der Waals surface area contributed by atoms with Crippen molar-refractivity contribution in [3.05, 3.63) is 0 Å².